The van der Waals surface area contributed by atoms with E-state index >= 15 is 0 Å². The summed E-state index contributed by atoms with van der Waals surface area (Å²) >= 11 is 0. The van der Waals surface area contributed by atoms with Crippen molar-refractivity contribution in [2.45, 2.75) is 32.5 Å². The van der Waals surface area contributed by atoms with Crippen LogP contribution in [0.2, 0.25) is 0 Å². The first-order valence-electron chi connectivity index (χ1n) is 5.41. The molecule has 0 saturated heterocycles. The molecule has 86 valence electrons. The molecule has 0 radical (unpaired) electrons. The highest BCUT2D eigenvalue weighted by Crippen LogP contribution is 2.13. The lowest BCUT2D eigenvalue weighted by molar-refractivity contribution is 0.0413. The van der Waals surface area contributed by atoms with Gasteiger partial charge in [-0.2, -0.15) is 5.26 Å². The van der Waals surface area contributed by atoms with Gasteiger partial charge in [0.05, 0.1) is 32.3 Å². The zero-order valence-corrected chi connectivity index (χ0v) is 9.77. The van der Waals surface area contributed by atoms with Crippen LogP contribution in [0.3, 0.4) is 0 Å². The molecule has 0 aliphatic heterocycles. The number of benzene rings is 1. The first-order valence-corrected chi connectivity index (χ1v) is 5.41. The maximum absolute atomic E-state index is 8.59. The van der Waals surface area contributed by atoms with Crippen LogP contribution < -0.4 is 4.74 Å². The fraction of sp³-hybridized carbons (Fsp3) is 0.462. The summed E-state index contributed by atoms with van der Waals surface area (Å²) in [7, 11) is 1.64. The van der Waals surface area contributed by atoms with E-state index in [1.807, 2.05) is 31.2 Å². The van der Waals surface area contributed by atoms with Crippen LogP contribution in [0, 0.1) is 11.3 Å². The summed E-state index contributed by atoms with van der Waals surface area (Å²) in [6, 6.07) is 9.88. The molecule has 3 nitrogen and oxygen atoms in total. The summed E-state index contributed by atoms with van der Waals surface area (Å²) in [5.41, 5.74) is 1.09. The number of hydrogen-bond acceptors (Lipinski definition) is 3. The van der Waals surface area contributed by atoms with Gasteiger partial charge in [0.15, 0.2) is 0 Å². The van der Waals surface area contributed by atoms with Crippen LogP contribution >= 0.6 is 0 Å². The molecule has 0 aliphatic rings. The van der Waals surface area contributed by atoms with E-state index in [0.717, 1.165) is 17.7 Å². The van der Waals surface area contributed by atoms with Gasteiger partial charge in [0.1, 0.15) is 5.75 Å². The average molecular weight is 219 g/mol. The molecule has 0 aliphatic carbocycles. The van der Waals surface area contributed by atoms with Gasteiger partial charge in [-0.3, -0.25) is 0 Å². The Labute approximate surface area is 96.6 Å². The molecule has 0 spiro atoms. The molecule has 0 heterocycles. The first-order chi connectivity index (χ1) is 7.80. The van der Waals surface area contributed by atoms with E-state index in [0.29, 0.717) is 13.0 Å². The maximum Gasteiger partial charge on any atom is 0.118 e. The second-order valence-corrected chi connectivity index (χ2v) is 3.55. The molecule has 1 aromatic rings. The zero-order valence-electron chi connectivity index (χ0n) is 9.77. The van der Waals surface area contributed by atoms with Crippen LogP contribution in [0.25, 0.3) is 0 Å². The molecule has 1 aromatic carbocycles. The van der Waals surface area contributed by atoms with Crippen molar-refractivity contribution in [2.75, 3.05) is 7.11 Å². The third-order valence-electron chi connectivity index (χ3n) is 2.42. The number of rotatable bonds is 6. The Balaban J connectivity index is 2.44. The molecule has 1 unspecified atom stereocenters. The van der Waals surface area contributed by atoms with E-state index in [9.17, 15) is 0 Å². The summed E-state index contributed by atoms with van der Waals surface area (Å²) in [6.07, 6.45) is 1.35. The average Bonchev–Trinajstić information content (AvgIpc) is 2.35. The summed E-state index contributed by atoms with van der Waals surface area (Å²) in [5, 5.41) is 8.59. The van der Waals surface area contributed by atoms with Gasteiger partial charge in [0, 0.05) is 0 Å². The van der Waals surface area contributed by atoms with Gasteiger partial charge in [-0.15, -0.1) is 0 Å². The number of ether oxygens (including phenoxy) is 2. The topological polar surface area (TPSA) is 42.2 Å². The summed E-state index contributed by atoms with van der Waals surface area (Å²) in [4.78, 5) is 0. The van der Waals surface area contributed by atoms with E-state index in [1.54, 1.807) is 7.11 Å². The van der Waals surface area contributed by atoms with Crippen molar-refractivity contribution < 1.29 is 9.47 Å². The van der Waals surface area contributed by atoms with Crippen molar-refractivity contribution >= 4 is 0 Å². The molecule has 0 bridgehead atoms. The van der Waals surface area contributed by atoms with Crippen LogP contribution in [0.5, 0.6) is 5.75 Å². The van der Waals surface area contributed by atoms with Crippen LogP contribution in [0.4, 0.5) is 0 Å². The van der Waals surface area contributed by atoms with Crippen LogP contribution in [-0.4, -0.2) is 13.2 Å². The number of hydrogen-bond donors (Lipinski definition) is 0. The van der Waals surface area contributed by atoms with Gasteiger partial charge >= 0.3 is 0 Å². The van der Waals surface area contributed by atoms with Crippen molar-refractivity contribution in [1.82, 2.24) is 0 Å². The van der Waals surface area contributed by atoms with Crippen LogP contribution in [0.15, 0.2) is 24.3 Å². The second kappa shape index (κ2) is 6.86. The standard InChI is InChI=1S/C13H17NO2/c1-3-12(8-9-14)16-10-11-4-6-13(15-2)7-5-11/h4-7,12H,3,8,10H2,1-2H3. The molecule has 1 atom stereocenters. The van der Waals surface area contributed by atoms with Crippen molar-refractivity contribution in [3.05, 3.63) is 29.8 Å². The second-order valence-electron chi connectivity index (χ2n) is 3.55. The van der Waals surface area contributed by atoms with E-state index in [-0.39, 0.29) is 6.10 Å². The van der Waals surface area contributed by atoms with Gasteiger partial charge in [0.25, 0.3) is 0 Å². The van der Waals surface area contributed by atoms with Gasteiger partial charge in [-0.05, 0) is 24.1 Å². The smallest absolute Gasteiger partial charge is 0.118 e. The minimum absolute atomic E-state index is 0.0344. The summed E-state index contributed by atoms with van der Waals surface area (Å²) < 4.78 is 10.7. The highest BCUT2D eigenvalue weighted by Gasteiger charge is 2.05. The molecular weight excluding hydrogens is 202 g/mol. The molecule has 0 amide bonds. The molecule has 0 N–H and O–H groups in total. The van der Waals surface area contributed by atoms with E-state index < -0.39 is 0 Å². The van der Waals surface area contributed by atoms with Gasteiger partial charge in [-0.25, -0.2) is 0 Å². The third kappa shape index (κ3) is 3.92. The van der Waals surface area contributed by atoms with Crippen molar-refractivity contribution in [1.29, 1.82) is 5.26 Å². The first kappa shape index (κ1) is 12.5. The fourth-order valence-corrected chi connectivity index (χ4v) is 1.36. The van der Waals surface area contributed by atoms with Crippen molar-refractivity contribution in [3.63, 3.8) is 0 Å². The normalized spacial score (nSPS) is 11.8. The monoisotopic (exact) mass is 219 g/mol. The predicted octanol–water partition coefficient (Wildman–Crippen LogP) is 2.90. The highest BCUT2D eigenvalue weighted by molar-refractivity contribution is 5.26. The lowest BCUT2D eigenvalue weighted by atomic mass is 10.2. The third-order valence-corrected chi connectivity index (χ3v) is 2.42. The van der Waals surface area contributed by atoms with Crippen LogP contribution in [-0.2, 0) is 11.3 Å². The Kier molecular flexibility index (Phi) is 5.38. The minimum atomic E-state index is 0.0344. The summed E-state index contributed by atoms with van der Waals surface area (Å²) in [6.45, 7) is 2.57. The van der Waals surface area contributed by atoms with Gasteiger partial charge in [-0.1, -0.05) is 19.1 Å². The SMILES string of the molecule is CCC(CC#N)OCc1ccc(OC)cc1. The highest BCUT2D eigenvalue weighted by atomic mass is 16.5. The quantitative estimate of drug-likeness (QED) is 0.738. The molecule has 0 fully saturated rings. The molecule has 1 rings (SSSR count). The van der Waals surface area contributed by atoms with Crippen molar-refractivity contribution in [2.24, 2.45) is 0 Å². The molecular formula is C13H17NO2. The number of methoxy groups -OCH3 is 1. The van der Waals surface area contributed by atoms with Gasteiger partial charge < -0.3 is 9.47 Å². The molecule has 0 aromatic heterocycles. The Morgan fingerprint density at radius 2 is 2.00 bits per heavy atom. The van der Waals surface area contributed by atoms with E-state index in [1.165, 1.54) is 0 Å². The zero-order chi connectivity index (χ0) is 11.8. The van der Waals surface area contributed by atoms with Crippen LogP contribution in [0.1, 0.15) is 25.3 Å². The Bertz CT molecular complexity index is 340. The van der Waals surface area contributed by atoms with Crippen molar-refractivity contribution in [3.8, 4) is 11.8 Å². The molecule has 3 heteroatoms. The predicted molar refractivity (Wildman–Crippen MR) is 62.1 cm³/mol. The fourth-order valence-electron chi connectivity index (χ4n) is 1.36. The number of nitrogens with zero attached hydrogens (tertiary/aromatic N) is 1. The Morgan fingerprint density at radius 3 is 2.50 bits per heavy atom. The Morgan fingerprint density at radius 1 is 1.31 bits per heavy atom. The maximum atomic E-state index is 8.59. The Hall–Kier alpha value is -1.53. The lowest BCUT2D eigenvalue weighted by Gasteiger charge is -2.12. The van der Waals surface area contributed by atoms with E-state index in [4.69, 9.17) is 14.7 Å². The van der Waals surface area contributed by atoms with Gasteiger partial charge in [0.2, 0.25) is 0 Å². The minimum Gasteiger partial charge on any atom is -0.497 e. The molecule has 16 heavy (non-hydrogen) atoms. The molecule has 0 saturated carbocycles. The largest absolute Gasteiger partial charge is 0.497 e. The van der Waals surface area contributed by atoms with E-state index in [2.05, 4.69) is 6.07 Å². The summed E-state index contributed by atoms with van der Waals surface area (Å²) in [5.74, 6) is 0.841. The number of nitriles is 1. The lowest BCUT2D eigenvalue weighted by Crippen LogP contribution is -2.10.